The van der Waals surface area contributed by atoms with Gasteiger partial charge in [-0.05, 0) is 37.5 Å². The quantitative estimate of drug-likeness (QED) is 0.787. The minimum atomic E-state index is 0.262. The normalized spacial score (nSPS) is 16.8. The Morgan fingerprint density at radius 2 is 2.00 bits per heavy atom. The average molecular weight is 235 g/mol. The highest BCUT2D eigenvalue weighted by Crippen LogP contribution is 2.18. The maximum absolute atomic E-state index is 5.78. The highest BCUT2D eigenvalue weighted by molar-refractivity contribution is 5.26. The summed E-state index contributed by atoms with van der Waals surface area (Å²) in [5.74, 6) is 0.886. The summed E-state index contributed by atoms with van der Waals surface area (Å²) >= 11 is 0. The highest BCUT2D eigenvalue weighted by atomic mass is 16.5. The van der Waals surface area contributed by atoms with E-state index >= 15 is 0 Å². The summed E-state index contributed by atoms with van der Waals surface area (Å²) in [7, 11) is 1.68. The summed E-state index contributed by atoms with van der Waals surface area (Å²) in [4.78, 5) is 0. The summed E-state index contributed by atoms with van der Waals surface area (Å²) in [5.41, 5.74) is 1.18. The molecular weight excluding hydrogens is 214 g/mol. The maximum atomic E-state index is 5.78. The standard InChI is InChI=1S/C14H21NO2/c1-11(9-15-13-5-6-13)17-10-12-3-7-14(16-2)8-4-12/h3-4,7-8,11,13,15H,5-6,9-10H2,1-2H3. The zero-order valence-corrected chi connectivity index (χ0v) is 10.6. The number of nitrogens with one attached hydrogen (secondary N) is 1. The summed E-state index contributed by atoms with van der Waals surface area (Å²) < 4.78 is 10.9. The molecule has 0 aromatic heterocycles. The van der Waals surface area contributed by atoms with Gasteiger partial charge in [-0.15, -0.1) is 0 Å². The minimum Gasteiger partial charge on any atom is -0.497 e. The van der Waals surface area contributed by atoms with Crippen molar-refractivity contribution in [2.45, 2.75) is 38.5 Å². The van der Waals surface area contributed by atoms with Gasteiger partial charge in [0.05, 0.1) is 19.8 Å². The third-order valence-electron chi connectivity index (χ3n) is 2.96. The average Bonchev–Trinajstić information content (AvgIpc) is 3.18. The third-order valence-corrected chi connectivity index (χ3v) is 2.96. The zero-order valence-electron chi connectivity index (χ0n) is 10.6. The summed E-state index contributed by atoms with van der Waals surface area (Å²) in [6, 6.07) is 8.76. The number of ether oxygens (including phenoxy) is 2. The first kappa shape index (κ1) is 12.4. The largest absolute Gasteiger partial charge is 0.497 e. The molecule has 1 fully saturated rings. The third kappa shape index (κ3) is 4.36. The van der Waals surface area contributed by atoms with Gasteiger partial charge in [-0.3, -0.25) is 0 Å². The monoisotopic (exact) mass is 235 g/mol. The molecule has 17 heavy (non-hydrogen) atoms. The number of rotatable bonds is 7. The van der Waals surface area contributed by atoms with Crippen LogP contribution >= 0.6 is 0 Å². The van der Waals surface area contributed by atoms with Gasteiger partial charge >= 0.3 is 0 Å². The first-order valence-corrected chi connectivity index (χ1v) is 6.26. The van der Waals surface area contributed by atoms with Gasteiger partial charge in [-0.25, -0.2) is 0 Å². The molecule has 3 nitrogen and oxygen atoms in total. The van der Waals surface area contributed by atoms with Crippen LogP contribution in [0, 0.1) is 0 Å². The van der Waals surface area contributed by atoms with Crippen molar-refractivity contribution in [2.75, 3.05) is 13.7 Å². The Morgan fingerprint density at radius 1 is 1.29 bits per heavy atom. The molecule has 0 bridgehead atoms. The molecule has 1 aliphatic carbocycles. The molecule has 1 unspecified atom stereocenters. The summed E-state index contributed by atoms with van der Waals surface area (Å²) in [5, 5.41) is 3.47. The highest BCUT2D eigenvalue weighted by Gasteiger charge is 2.20. The molecule has 1 aromatic carbocycles. The van der Waals surface area contributed by atoms with Crippen molar-refractivity contribution in [3.63, 3.8) is 0 Å². The van der Waals surface area contributed by atoms with Crippen LogP contribution in [0.3, 0.4) is 0 Å². The predicted octanol–water partition coefficient (Wildman–Crippen LogP) is 2.35. The SMILES string of the molecule is COc1ccc(COC(C)CNC2CC2)cc1. The fourth-order valence-electron chi connectivity index (χ4n) is 1.64. The van der Waals surface area contributed by atoms with Crippen molar-refractivity contribution in [2.24, 2.45) is 0 Å². The van der Waals surface area contributed by atoms with Gasteiger partial charge < -0.3 is 14.8 Å². The molecule has 2 rings (SSSR count). The van der Waals surface area contributed by atoms with Gasteiger partial charge in [0.25, 0.3) is 0 Å². The van der Waals surface area contributed by atoms with E-state index in [9.17, 15) is 0 Å². The fourth-order valence-corrected chi connectivity index (χ4v) is 1.64. The van der Waals surface area contributed by atoms with E-state index in [1.165, 1.54) is 18.4 Å². The van der Waals surface area contributed by atoms with Crippen molar-refractivity contribution in [1.82, 2.24) is 5.32 Å². The minimum absolute atomic E-state index is 0.262. The van der Waals surface area contributed by atoms with Crippen LogP contribution in [0.15, 0.2) is 24.3 Å². The first-order valence-electron chi connectivity index (χ1n) is 6.26. The second-order valence-corrected chi connectivity index (χ2v) is 4.65. The summed E-state index contributed by atoms with van der Waals surface area (Å²) in [6.45, 7) is 3.72. The van der Waals surface area contributed by atoms with Crippen molar-refractivity contribution >= 4 is 0 Å². The van der Waals surface area contributed by atoms with Crippen LogP contribution in [0.1, 0.15) is 25.3 Å². The predicted molar refractivity (Wildman–Crippen MR) is 68.3 cm³/mol. The van der Waals surface area contributed by atoms with Gasteiger partial charge in [-0.2, -0.15) is 0 Å². The molecule has 1 aromatic rings. The Bertz CT molecular complexity index is 333. The van der Waals surface area contributed by atoms with E-state index in [1.807, 2.05) is 24.3 Å². The van der Waals surface area contributed by atoms with Crippen LogP contribution in [0.25, 0.3) is 0 Å². The van der Waals surface area contributed by atoms with Crippen LogP contribution in [0.2, 0.25) is 0 Å². The van der Waals surface area contributed by atoms with E-state index in [4.69, 9.17) is 9.47 Å². The van der Waals surface area contributed by atoms with Crippen molar-refractivity contribution in [3.05, 3.63) is 29.8 Å². The van der Waals surface area contributed by atoms with Crippen LogP contribution in [-0.4, -0.2) is 25.8 Å². The molecular formula is C14H21NO2. The Balaban J connectivity index is 1.68. The molecule has 0 saturated heterocycles. The van der Waals surface area contributed by atoms with E-state index in [0.29, 0.717) is 6.61 Å². The molecule has 0 heterocycles. The van der Waals surface area contributed by atoms with Crippen molar-refractivity contribution in [1.29, 1.82) is 0 Å². The van der Waals surface area contributed by atoms with E-state index in [-0.39, 0.29) is 6.10 Å². The lowest BCUT2D eigenvalue weighted by Crippen LogP contribution is -2.28. The maximum Gasteiger partial charge on any atom is 0.118 e. The molecule has 1 N–H and O–H groups in total. The second-order valence-electron chi connectivity index (χ2n) is 4.65. The second kappa shape index (κ2) is 6.03. The molecule has 0 radical (unpaired) electrons. The van der Waals surface area contributed by atoms with Gasteiger partial charge in [0.1, 0.15) is 5.75 Å². The Hall–Kier alpha value is -1.06. The van der Waals surface area contributed by atoms with E-state index < -0.39 is 0 Å². The summed E-state index contributed by atoms with van der Waals surface area (Å²) in [6.07, 6.45) is 2.91. The van der Waals surface area contributed by atoms with E-state index in [0.717, 1.165) is 18.3 Å². The topological polar surface area (TPSA) is 30.5 Å². The Labute approximate surface area is 103 Å². The number of hydrogen-bond acceptors (Lipinski definition) is 3. The molecule has 1 atom stereocenters. The van der Waals surface area contributed by atoms with Crippen LogP contribution in [0.5, 0.6) is 5.75 Å². The van der Waals surface area contributed by atoms with Gasteiger partial charge in [0.15, 0.2) is 0 Å². The number of benzene rings is 1. The van der Waals surface area contributed by atoms with E-state index in [2.05, 4.69) is 12.2 Å². The lowest BCUT2D eigenvalue weighted by Gasteiger charge is -2.14. The molecule has 0 amide bonds. The number of methoxy groups -OCH3 is 1. The lowest BCUT2D eigenvalue weighted by molar-refractivity contribution is 0.0530. The fraction of sp³-hybridized carbons (Fsp3) is 0.571. The van der Waals surface area contributed by atoms with Crippen molar-refractivity contribution in [3.8, 4) is 5.75 Å². The van der Waals surface area contributed by atoms with Crippen molar-refractivity contribution < 1.29 is 9.47 Å². The van der Waals surface area contributed by atoms with Crippen LogP contribution in [0.4, 0.5) is 0 Å². The zero-order chi connectivity index (χ0) is 12.1. The number of hydrogen-bond donors (Lipinski definition) is 1. The van der Waals surface area contributed by atoms with Gasteiger partial charge in [-0.1, -0.05) is 12.1 Å². The smallest absolute Gasteiger partial charge is 0.118 e. The van der Waals surface area contributed by atoms with Crippen LogP contribution < -0.4 is 10.1 Å². The molecule has 94 valence electrons. The van der Waals surface area contributed by atoms with Gasteiger partial charge in [0.2, 0.25) is 0 Å². The first-order chi connectivity index (χ1) is 8.28. The van der Waals surface area contributed by atoms with Gasteiger partial charge in [0, 0.05) is 12.6 Å². The molecule has 1 saturated carbocycles. The molecule has 0 spiro atoms. The lowest BCUT2D eigenvalue weighted by atomic mass is 10.2. The Kier molecular flexibility index (Phi) is 4.40. The molecule has 3 heteroatoms. The molecule has 1 aliphatic rings. The Morgan fingerprint density at radius 3 is 2.59 bits per heavy atom. The molecule has 0 aliphatic heterocycles. The van der Waals surface area contributed by atoms with E-state index in [1.54, 1.807) is 7.11 Å². The van der Waals surface area contributed by atoms with Crippen LogP contribution in [-0.2, 0) is 11.3 Å².